The number of hydrogen-bond acceptors (Lipinski definition) is 2. The highest BCUT2D eigenvalue weighted by molar-refractivity contribution is 6.36. The van der Waals surface area contributed by atoms with Crippen molar-refractivity contribution in [1.29, 1.82) is 0 Å². The number of halogens is 3. The number of amides is 2. The average Bonchev–Trinajstić information content (AvgIpc) is 2.91. The first-order valence-corrected chi connectivity index (χ1v) is 8.39. The van der Waals surface area contributed by atoms with Crippen molar-refractivity contribution >= 4 is 58.0 Å². The highest BCUT2D eigenvalue weighted by Gasteiger charge is 2.35. The van der Waals surface area contributed by atoms with Crippen LogP contribution in [0, 0.1) is 5.92 Å². The fourth-order valence-electron chi connectivity index (χ4n) is 2.59. The number of carbonyl (C=O) groups is 2. The van der Waals surface area contributed by atoms with E-state index in [0.29, 0.717) is 26.4 Å². The molecule has 0 aromatic heterocycles. The largest absolute Gasteiger partial charge is 0.326 e. The van der Waals surface area contributed by atoms with Gasteiger partial charge in [0, 0.05) is 28.7 Å². The Bertz CT molecular complexity index is 793. The second kappa shape index (κ2) is 7.01. The van der Waals surface area contributed by atoms with Crippen molar-refractivity contribution in [2.45, 2.75) is 6.42 Å². The third-order valence-electron chi connectivity index (χ3n) is 3.81. The Balaban J connectivity index is 1.72. The van der Waals surface area contributed by atoms with Gasteiger partial charge in [0.05, 0.1) is 16.6 Å². The van der Waals surface area contributed by atoms with Crippen molar-refractivity contribution in [1.82, 2.24) is 0 Å². The summed E-state index contributed by atoms with van der Waals surface area (Å²) < 4.78 is 0. The summed E-state index contributed by atoms with van der Waals surface area (Å²) in [4.78, 5) is 26.2. The molecule has 1 atom stereocenters. The quantitative estimate of drug-likeness (QED) is 0.839. The minimum Gasteiger partial charge on any atom is -0.326 e. The maximum atomic E-state index is 12.4. The number of nitrogens with one attached hydrogen (secondary N) is 1. The zero-order valence-electron chi connectivity index (χ0n) is 12.4. The van der Waals surface area contributed by atoms with Gasteiger partial charge in [-0.05, 0) is 42.5 Å². The number of benzene rings is 2. The van der Waals surface area contributed by atoms with Crippen molar-refractivity contribution in [3.05, 3.63) is 57.5 Å². The molecule has 1 unspecified atom stereocenters. The van der Waals surface area contributed by atoms with Crippen LogP contribution in [0.5, 0.6) is 0 Å². The summed E-state index contributed by atoms with van der Waals surface area (Å²) in [5.41, 5.74) is 1.20. The van der Waals surface area contributed by atoms with Crippen molar-refractivity contribution in [2.24, 2.45) is 5.92 Å². The summed E-state index contributed by atoms with van der Waals surface area (Å²) in [5.74, 6) is -0.798. The molecule has 0 bridgehead atoms. The van der Waals surface area contributed by atoms with Gasteiger partial charge < -0.3 is 10.2 Å². The molecular weight excluding hydrogens is 371 g/mol. The molecule has 3 rings (SSSR count). The SMILES string of the molecule is O=C(Nc1ccc(Cl)cc1)C1CC(=O)N(c2ccc(Cl)cc2Cl)C1. The molecule has 1 aliphatic heterocycles. The second-order valence-corrected chi connectivity index (χ2v) is 6.78. The Morgan fingerprint density at radius 1 is 1.04 bits per heavy atom. The Kier molecular flexibility index (Phi) is 4.99. The molecule has 4 nitrogen and oxygen atoms in total. The molecule has 124 valence electrons. The van der Waals surface area contributed by atoms with Gasteiger partial charge in [0.1, 0.15) is 0 Å². The van der Waals surface area contributed by atoms with E-state index in [1.807, 2.05) is 0 Å². The fourth-order valence-corrected chi connectivity index (χ4v) is 3.23. The topological polar surface area (TPSA) is 49.4 Å². The third kappa shape index (κ3) is 3.66. The summed E-state index contributed by atoms with van der Waals surface area (Å²) in [6.07, 6.45) is 0.137. The molecule has 0 spiro atoms. The van der Waals surface area contributed by atoms with Gasteiger partial charge in [0.15, 0.2) is 0 Å². The van der Waals surface area contributed by atoms with Gasteiger partial charge in [-0.2, -0.15) is 0 Å². The van der Waals surface area contributed by atoms with Gasteiger partial charge in [-0.15, -0.1) is 0 Å². The minimum atomic E-state index is -0.445. The van der Waals surface area contributed by atoms with Crippen LogP contribution >= 0.6 is 34.8 Å². The van der Waals surface area contributed by atoms with Crippen LogP contribution in [0.2, 0.25) is 15.1 Å². The number of carbonyl (C=O) groups excluding carboxylic acids is 2. The van der Waals surface area contributed by atoms with Gasteiger partial charge in [0.2, 0.25) is 11.8 Å². The van der Waals surface area contributed by atoms with E-state index in [4.69, 9.17) is 34.8 Å². The Labute approximate surface area is 154 Å². The molecular formula is C17H13Cl3N2O2. The second-order valence-electron chi connectivity index (χ2n) is 5.50. The van der Waals surface area contributed by atoms with Crippen LogP contribution in [0.1, 0.15) is 6.42 Å². The minimum absolute atomic E-state index is 0.137. The molecule has 2 aromatic carbocycles. The number of hydrogen-bond donors (Lipinski definition) is 1. The molecule has 0 saturated carbocycles. The molecule has 7 heteroatoms. The van der Waals surface area contributed by atoms with Gasteiger partial charge in [-0.1, -0.05) is 34.8 Å². The lowest BCUT2D eigenvalue weighted by atomic mass is 10.1. The van der Waals surface area contributed by atoms with Crippen molar-refractivity contribution in [2.75, 3.05) is 16.8 Å². The first-order chi connectivity index (χ1) is 11.4. The Morgan fingerprint density at radius 3 is 2.38 bits per heavy atom. The summed E-state index contributed by atoms with van der Waals surface area (Å²) in [6.45, 7) is 0.277. The van der Waals surface area contributed by atoms with E-state index < -0.39 is 5.92 Å². The van der Waals surface area contributed by atoms with Crippen LogP contribution in [-0.2, 0) is 9.59 Å². The highest BCUT2D eigenvalue weighted by atomic mass is 35.5. The maximum absolute atomic E-state index is 12.4. The van der Waals surface area contributed by atoms with Gasteiger partial charge in [-0.25, -0.2) is 0 Å². The highest BCUT2D eigenvalue weighted by Crippen LogP contribution is 2.33. The van der Waals surface area contributed by atoms with Crippen LogP contribution in [0.25, 0.3) is 0 Å². The van der Waals surface area contributed by atoms with E-state index in [2.05, 4.69) is 5.32 Å². The number of rotatable bonds is 3. The summed E-state index contributed by atoms with van der Waals surface area (Å²) in [7, 11) is 0. The summed E-state index contributed by atoms with van der Waals surface area (Å²) in [5, 5.41) is 4.26. The predicted molar refractivity (Wildman–Crippen MR) is 97.0 cm³/mol. The summed E-state index contributed by atoms with van der Waals surface area (Å²) in [6, 6.07) is 11.7. The van der Waals surface area contributed by atoms with E-state index in [9.17, 15) is 9.59 Å². The van der Waals surface area contributed by atoms with E-state index in [1.54, 1.807) is 42.5 Å². The van der Waals surface area contributed by atoms with Crippen molar-refractivity contribution in [3.63, 3.8) is 0 Å². The van der Waals surface area contributed by atoms with Gasteiger partial charge in [-0.3, -0.25) is 9.59 Å². The lowest BCUT2D eigenvalue weighted by Crippen LogP contribution is -2.28. The smallest absolute Gasteiger partial charge is 0.229 e. The standard InChI is InChI=1S/C17H13Cl3N2O2/c18-11-1-4-13(5-2-11)21-17(24)10-7-16(23)22(9-10)15-6-3-12(19)8-14(15)20/h1-6,8,10H,7,9H2,(H,21,24). The Hall–Kier alpha value is -1.75. The fraction of sp³-hybridized carbons (Fsp3) is 0.176. The zero-order valence-corrected chi connectivity index (χ0v) is 14.7. The molecule has 1 fully saturated rings. The molecule has 1 aliphatic rings. The summed E-state index contributed by atoms with van der Waals surface area (Å²) >= 11 is 17.9. The van der Waals surface area contributed by atoms with Crippen molar-refractivity contribution in [3.8, 4) is 0 Å². The molecule has 1 heterocycles. The monoisotopic (exact) mass is 382 g/mol. The molecule has 2 amide bonds. The molecule has 24 heavy (non-hydrogen) atoms. The lowest BCUT2D eigenvalue weighted by molar-refractivity contribution is -0.122. The van der Waals surface area contributed by atoms with Gasteiger partial charge in [0.25, 0.3) is 0 Å². The lowest BCUT2D eigenvalue weighted by Gasteiger charge is -2.18. The first-order valence-electron chi connectivity index (χ1n) is 7.26. The average molecular weight is 384 g/mol. The molecule has 1 N–H and O–H groups in total. The van der Waals surface area contributed by atoms with Gasteiger partial charge >= 0.3 is 0 Å². The van der Waals surface area contributed by atoms with E-state index in [0.717, 1.165) is 0 Å². The van der Waals surface area contributed by atoms with E-state index >= 15 is 0 Å². The van der Waals surface area contributed by atoms with Crippen LogP contribution in [-0.4, -0.2) is 18.4 Å². The number of nitrogens with zero attached hydrogens (tertiary/aromatic N) is 1. The van der Waals surface area contributed by atoms with Crippen LogP contribution in [0.3, 0.4) is 0 Å². The zero-order chi connectivity index (χ0) is 17.3. The Morgan fingerprint density at radius 2 is 1.71 bits per heavy atom. The maximum Gasteiger partial charge on any atom is 0.229 e. The normalized spacial score (nSPS) is 17.2. The molecule has 1 saturated heterocycles. The number of anilines is 2. The molecule has 0 radical (unpaired) electrons. The van der Waals surface area contributed by atoms with E-state index in [1.165, 1.54) is 4.90 Å². The van der Waals surface area contributed by atoms with Crippen LogP contribution in [0.15, 0.2) is 42.5 Å². The molecule has 0 aliphatic carbocycles. The van der Waals surface area contributed by atoms with Crippen LogP contribution < -0.4 is 10.2 Å². The van der Waals surface area contributed by atoms with E-state index in [-0.39, 0.29) is 24.8 Å². The van der Waals surface area contributed by atoms with Crippen molar-refractivity contribution < 1.29 is 9.59 Å². The predicted octanol–water partition coefficient (Wildman–Crippen LogP) is 4.64. The van der Waals surface area contributed by atoms with Crippen LogP contribution in [0.4, 0.5) is 11.4 Å². The molecule has 2 aromatic rings. The third-order valence-corrected chi connectivity index (χ3v) is 4.60. The first kappa shape index (κ1) is 17.1.